The van der Waals surface area contributed by atoms with Crippen molar-refractivity contribution in [2.24, 2.45) is 10.9 Å². The molecule has 0 radical (unpaired) electrons. The number of benzene rings is 2. The highest BCUT2D eigenvalue weighted by Crippen LogP contribution is 2.26. The van der Waals surface area contributed by atoms with Crippen molar-refractivity contribution in [3.63, 3.8) is 0 Å². The number of carbonyl (C=O) groups excluding carboxylic acids is 1. The minimum absolute atomic E-state index is 0.0530. The summed E-state index contributed by atoms with van der Waals surface area (Å²) in [6, 6.07) is 12.1. The zero-order valence-corrected chi connectivity index (χ0v) is 18.7. The number of aromatic nitrogens is 1. The number of aryl methyl sites for hydroxylation is 2. The minimum atomic E-state index is -0.990. The van der Waals surface area contributed by atoms with Crippen molar-refractivity contribution in [1.29, 1.82) is 0 Å². The maximum atomic E-state index is 13.9. The van der Waals surface area contributed by atoms with E-state index in [-0.39, 0.29) is 17.8 Å². The quantitative estimate of drug-likeness (QED) is 0.226. The van der Waals surface area contributed by atoms with Crippen molar-refractivity contribution in [2.75, 3.05) is 11.9 Å². The molecule has 8 heteroatoms. The van der Waals surface area contributed by atoms with Crippen LogP contribution < -0.4 is 11.1 Å². The Labute approximate surface area is 191 Å². The van der Waals surface area contributed by atoms with E-state index < -0.39 is 23.5 Å². The third kappa shape index (κ3) is 6.12. The summed E-state index contributed by atoms with van der Waals surface area (Å²) < 4.78 is 27.8. The Morgan fingerprint density at radius 1 is 1.12 bits per heavy atom. The van der Waals surface area contributed by atoms with E-state index in [2.05, 4.69) is 15.5 Å². The summed E-state index contributed by atoms with van der Waals surface area (Å²) in [6.45, 7) is 6.45. The van der Waals surface area contributed by atoms with Crippen molar-refractivity contribution >= 4 is 17.6 Å². The Morgan fingerprint density at radius 3 is 2.52 bits per heavy atom. The molecule has 0 saturated carbocycles. The SMILES string of the molecule is CCNc1ncccc1C(N)=NOC(=O)C(Cc1ccc(C)c(C)c1)c1cc(F)cc(F)c1. The number of halogens is 2. The summed E-state index contributed by atoms with van der Waals surface area (Å²) in [7, 11) is 0. The maximum Gasteiger partial charge on any atom is 0.342 e. The molecule has 1 aromatic heterocycles. The van der Waals surface area contributed by atoms with Crippen molar-refractivity contribution in [1.82, 2.24) is 4.98 Å². The summed E-state index contributed by atoms with van der Waals surface area (Å²) in [5, 5.41) is 6.83. The van der Waals surface area contributed by atoms with E-state index in [1.165, 1.54) is 0 Å². The maximum absolute atomic E-state index is 13.9. The summed E-state index contributed by atoms with van der Waals surface area (Å²) in [4.78, 5) is 22.3. The average molecular weight is 453 g/mol. The molecule has 0 spiro atoms. The number of nitrogens with one attached hydrogen (secondary N) is 1. The number of amidine groups is 1. The summed E-state index contributed by atoms with van der Waals surface area (Å²) >= 11 is 0. The van der Waals surface area contributed by atoms with Gasteiger partial charge in [-0.25, -0.2) is 18.6 Å². The molecule has 0 aliphatic heterocycles. The lowest BCUT2D eigenvalue weighted by molar-refractivity contribution is -0.145. The van der Waals surface area contributed by atoms with Gasteiger partial charge in [0, 0.05) is 18.8 Å². The second kappa shape index (κ2) is 10.7. The average Bonchev–Trinajstić information content (AvgIpc) is 2.78. The Balaban J connectivity index is 1.90. The number of anilines is 1. The number of rotatable bonds is 8. The van der Waals surface area contributed by atoms with Crippen LogP contribution in [0.2, 0.25) is 0 Å². The first-order valence-electron chi connectivity index (χ1n) is 10.5. The van der Waals surface area contributed by atoms with Gasteiger partial charge in [0.15, 0.2) is 5.84 Å². The lowest BCUT2D eigenvalue weighted by Crippen LogP contribution is -2.21. The normalized spacial score (nSPS) is 12.3. The molecule has 172 valence electrons. The molecule has 0 amide bonds. The Kier molecular flexibility index (Phi) is 7.71. The van der Waals surface area contributed by atoms with Gasteiger partial charge in [-0.3, -0.25) is 0 Å². The zero-order chi connectivity index (χ0) is 24.0. The molecule has 1 atom stereocenters. The molecule has 1 unspecified atom stereocenters. The second-order valence-electron chi connectivity index (χ2n) is 7.69. The van der Waals surface area contributed by atoms with E-state index >= 15 is 0 Å². The molecule has 3 aromatic rings. The fourth-order valence-corrected chi connectivity index (χ4v) is 3.41. The summed E-state index contributed by atoms with van der Waals surface area (Å²) in [5.41, 5.74) is 9.60. The molecule has 2 aromatic carbocycles. The Hall–Kier alpha value is -3.81. The molecular weight excluding hydrogens is 426 g/mol. The van der Waals surface area contributed by atoms with E-state index in [0.29, 0.717) is 17.9 Å². The van der Waals surface area contributed by atoms with Crippen LogP contribution in [0, 0.1) is 25.5 Å². The molecular formula is C25H26F2N4O2. The van der Waals surface area contributed by atoms with Gasteiger partial charge in [-0.15, -0.1) is 0 Å². The van der Waals surface area contributed by atoms with E-state index in [4.69, 9.17) is 10.6 Å². The number of pyridine rings is 1. The second-order valence-corrected chi connectivity index (χ2v) is 7.69. The lowest BCUT2D eigenvalue weighted by atomic mass is 9.90. The van der Waals surface area contributed by atoms with Gasteiger partial charge >= 0.3 is 5.97 Å². The van der Waals surface area contributed by atoms with Gasteiger partial charge in [0.05, 0.1) is 11.5 Å². The van der Waals surface area contributed by atoms with Gasteiger partial charge in [0.2, 0.25) is 0 Å². The number of hydrogen-bond donors (Lipinski definition) is 2. The van der Waals surface area contributed by atoms with Crippen molar-refractivity contribution in [3.8, 4) is 0 Å². The first-order chi connectivity index (χ1) is 15.8. The molecule has 0 bridgehead atoms. The van der Waals surface area contributed by atoms with Crippen molar-refractivity contribution in [2.45, 2.75) is 33.1 Å². The van der Waals surface area contributed by atoms with Crippen LogP contribution in [0.25, 0.3) is 0 Å². The molecule has 33 heavy (non-hydrogen) atoms. The summed E-state index contributed by atoms with van der Waals surface area (Å²) in [5.74, 6) is -2.89. The van der Waals surface area contributed by atoms with Gasteiger partial charge in [-0.05, 0) is 73.7 Å². The zero-order valence-electron chi connectivity index (χ0n) is 18.7. The van der Waals surface area contributed by atoms with E-state index in [9.17, 15) is 13.6 Å². The van der Waals surface area contributed by atoms with Gasteiger partial charge in [-0.2, -0.15) is 0 Å². The Bertz CT molecular complexity index is 1160. The van der Waals surface area contributed by atoms with E-state index in [1.807, 2.05) is 39.0 Å². The molecule has 0 aliphatic rings. The van der Waals surface area contributed by atoms with Crippen LogP contribution in [-0.4, -0.2) is 23.3 Å². The smallest absolute Gasteiger partial charge is 0.342 e. The number of nitrogens with zero attached hydrogens (tertiary/aromatic N) is 2. The van der Waals surface area contributed by atoms with Crippen LogP contribution in [-0.2, 0) is 16.1 Å². The molecule has 1 heterocycles. The van der Waals surface area contributed by atoms with Crippen LogP contribution in [0.1, 0.15) is 40.7 Å². The van der Waals surface area contributed by atoms with Crippen LogP contribution in [0.15, 0.2) is 59.9 Å². The molecule has 0 fully saturated rings. The first kappa shape index (κ1) is 23.8. The van der Waals surface area contributed by atoms with E-state index in [1.54, 1.807) is 18.3 Å². The third-order valence-corrected chi connectivity index (χ3v) is 5.24. The molecule has 3 N–H and O–H groups in total. The van der Waals surface area contributed by atoms with Gasteiger partial charge in [0.1, 0.15) is 17.5 Å². The van der Waals surface area contributed by atoms with E-state index in [0.717, 1.165) is 34.9 Å². The van der Waals surface area contributed by atoms with Crippen LogP contribution in [0.4, 0.5) is 14.6 Å². The van der Waals surface area contributed by atoms with Gasteiger partial charge < -0.3 is 15.9 Å². The standard InChI is InChI=1S/C25H26F2N4O2/c1-4-29-24-21(6-5-9-30-24)23(28)31-33-25(32)22(18-12-19(26)14-20(27)13-18)11-17-8-7-15(2)16(3)10-17/h5-10,12-14,22H,4,11H2,1-3H3,(H2,28,31)(H,29,30). The molecule has 0 saturated heterocycles. The molecule has 0 aliphatic carbocycles. The first-order valence-corrected chi connectivity index (χ1v) is 10.5. The number of nitrogens with two attached hydrogens (primary N) is 1. The topological polar surface area (TPSA) is 89.6 Å². The number of oxime groups is 1. The fraction of sp³-hybridized carbons (Fsp3) is 0.240. The molecule has 6 nitrogen and oxygen atoms in total. The predicted octanol–water partition coefficient (Wildman–Crippen LogP) is 4.60. The summed E-state index contributed by atoms with van der Waals surface area (Å²) in [6.07, 6.45) is 1.77. The van der Waals surface area contributed by atoms with Crippen molar-refractivity contribution in [3.05, 3.63) is 94.2 Å². The lowest BCUT2D eigenvalue weighted by Gasteiger charge is -2.16. The number of carbonyl (C=O) groups is 1. The Morgan fingerprint density at radius 2 is 1.85 bits per heavy atom. The predicted molar refractivity (Wildman–Crippen MR) is 124 cm³/mol. The van der Waals surface area contributed by atoms with Crippen molar-refractivity contribution < 1.29 is 18.4 Å². The third-order valence-electron chi connectivity index (χ3n) is 5.24. The number of hydrogen-bond acceptors (Lipinski definition) is 5. The highest BCUT2D eigenvalue weighted by Gasteiger charge is 2.25. The van der Waals surface area contributed by atoms with Crippen LogP contribution in [0.3, 0.4) is 0 Å². The minimum Gasteiger partial charge on any atom is -0.380 e. The van der Waals surface area contributed by atoms with Crippen LogP contribution in [0.5, 0.6) is 0 Å². The highest BCUT2D eigenvalue weighted by atomic mass is 19.1. The van der Waals surface area contributed by atoms with Crippen LogP contribution >= 0.6 is 0 Å². The molecule has 3 rings (SSSR count). The fourth-order valence-electron chi connectivity index (χ4n) is 3.41. The van der Waals surface area contributed by atoms with Gasteiger partial charge in [0.25, 0.3) is 0 Å². The monoisotopic (exact) mass is 452 g/mol. The largest absolute Gasteiger partial charge is 0.380 e. The highest BCUT2D eigenvalue weighted by molar-refractivity contribution is 6.01. The van der Waals surface area contributed by atoms with Gasteiger partial charge in [-0.1, -0.05) is 23.4 Å².